The van der Waals surface area contributed by atoms with Gasteiger partial charge in [-0.1, -0.05) is 24.3 Å². The molecule has 0 saturated carbocycles. The number of carbonyl (C=O) groups is 1. The Labute approximate surface area is 171 Å². The smallest absolute Gasteiger partial charge is 0.265 e. The summed E-state index contributed by atoms with van der Waals surface area (Å²) in [6.07, 6.45) is 1.67. The highest BCUT2D eigenvalue weighted by atomic mass is 32.1. The van der Waals surface area contributed by atoms with E-state index in [-0.39, 0.29) is 5.91 Å². The standard InChI is InChI=1S/C21H20N4OS2/c1-14-17(15(2)25(23-14)16-8-5-4-6-9-16)13-24(3)21(26)19-12-22-20(28-19)18-10-7-11-27-18/h4-12H,13H2,1-3H3. The Morgan fingerprint density at radius 2 is 1.93 bits per heavy atom. The van der Waals surface area contributed by atoms with Crippen LogP contribution in [-0.2, 0) is 6.54 Å². The molecule has 0 spiro atoms. The van der Waals surface area contributed by atoms with E-state index in [1.54, 1.807) is 22.4 Å². The summed E-state index contributed by atoms with van der Waals surface area (Å²) in [5.41, 5.74) is 4.07. The van der Waals surface area contributed by atoms with Gasteiger partial charge in [-0.25, -0.2) is 9.67 Å². The van der Waals surface area contributed by atoms with Crippen LogP contribution in [0.5, 0.6) is 0 Å². The molecule has 0 bridgehead atoms. The number of benzene rings is 1. The number of carbonyl (C=O) groups excluding carboxylic acids is 1. The van der Waals surface area contributed by atoms with Crippen molar-refractivity contribution in [2.75, 3.05) is 7.05 Å². The van der Waals surface area contributed by atoms with E-state index in [0.717, 1.165) is 32.5 Å². The van der Waals surface area contributed by atoms with Gasteiger partial charge in [0.15, 0.2) is 0 Å². The van der Waals surface area contributed by atoms with Gasteiger partial charge in [0, 0.05) is 24.8 Å². The number of thiazole rings is 1. The van der Waals surface area contributed by atoms with Crippen molar-refractivity contribution in [3.8, 4) is 15.6 Å². The van der Waals surface area contributed by atoms with E-state index in [2.05, 4.69) is 10.1 Å². The molecule has 0 unspecified atom stereocenters. The van der Waals surface area contributed by atoms with Crippen molar-refractivity contribution in [1.29, 1.82) is 0 Å². The molecule has 142 valence electrons. The van der Waals surface area contributed by atoms with Crippen molar-refractivity contribution >= 4 is 28.6 Å². The fourth-order valence-corrected chi connectivity index (χ4v) is 4.82. The molecule has 0 atom stereocenters. The maximum absolute atomic E-state index is 12.9. The normalized spacial score (nSPS) is 11.0. The van der Waals surface area contributed by atoms with Crippen molar-refractivity contribution in [2.24, 2.45) is 0 Å². The van der Waals surface area contributed by atoms with E-state index >= 15 is 0 Å². The number of aryl methyl sites for hydroxylation is 1. The van der Waals surface area contributed by atoms with Crippen LogP contribution in [0.15, 0.2) is 54.0 Å². The molecule has 0 N–H and O–H groups in total. The Bertz CT molecular complexity index is 1100. The predicted octanol–water partition coefficient (Wildman–Crippen LogP) is 4.95. The fraction of sp³-hybridized carbons (Fsp3) is 0.190. The van der Waals surface area contributed by atoms with Crippen molar-refractivity contribution in [3.05, 3.63) is 75.9 Å². The van der Waals surface area contributed by atoms with Crippen LogP contribution in [0.4, 0.5) is 0 Å². The lowest BCUT2D eigenvalue weighted by molar-refractivity contribution is 0.0789. The van der Waals surface area contributed by atoms with Crippen molar-refractivity contribution in [1.82, 2.24) is 19.7 Å². The number of hydrogen-bond acceptors (Lipinski definition) is 5. The summed E-state index contributed by atoms with van der Waals surface area (Å²) >= 11 is 3.06. The molecule has 0 aliphatic heterocycles. The Morgan fingerprint density at radius 3 is 2.64 bits per heavy atom. The largest absolute Gasteiger partial charge is 0.336 e. The number of para-hydroxylation sites is 1. The molecule has 3 heterocycles. The van der Waals surface area contributed by atoms with Crippen LogP contribution in [0.2, 0.25) is 0 Å². The van der Waals surface area contributed by atoms with Gasteiger partial charge in [-0.15, -0.1) is 22.7 Å². The van der Waals surface area contributed by atoms with Gasteiger partial charge in [0.25, 0.3) is 5.91 Å². The third-order valence-corrected chi connectivity index (χ3v) is 6.66. The quantitative estimate of drug-likeness (QED) is 0.470. The molecule has 1 aromatic carbocycles. The summed E-state index contributed by atoms with van der Waals surface area (Å²) in [6.45, 7) is 4.54. The Hall–Kier alpha value is -2.77. The van der Waals surface area contributed by atoms with Crippen LogP contribution in [0.25, 0.3) is 15.6 Å². The van der Waals surface area contributed by atoms with Crippen LogP contribution >= 0.6 is 22.7 Å². The summed E-state index contributed by atoms with van der Waals surface area (Å²) < 4.78 is 1.94. The van der Waals surface area contributed by atoms with Crippen molar-refractivity contribution < 1.29 is 4.79 Å². The highest BCUT2D eigenvalue weighted by Gasteiger charge is 2.20. The maximum Gasteiger partial charge on any atom is 0.265 e. The summed E-state index contributed by atoms with van der Waals surface area (Å²) in [4.78, 5) is 20.8. The molecule has 4 rings (SSSR count). The van der Waals surface area contributed by atoms with Gasteiger partial charge in [0.2, 0.25) is 0 Å². The number of thiophene rings is 1. The van der Waals surface area contributed by atoms with E-state index in [4.69, 9.17) is 0 Å². The molecular formula is C21H20N4OS2. The third-order valence-electron chi connectivity index (χ3n) is 4.63. The molecule has 5 nitrogen and oxygen atoms in total. The molecule has 0 aliphatic carbocycles. The Morgan fingerprint density at radius 1 is 1.14 bits per heavy atom. The minimum absolute atomic E-state index is 0.0217. The number of hydrogen-bond donors (Lipinski definition) is 0. The second kappa shape index (κ2) is 7.69. The van der Waals surface area contributed by atoms with Crippen LogP contribution in [0.1, 0.15) is 26.6 Å². The molecule has 7 heteroatoms. The minimum Gasteiger partial charge on any atom is -0.336 e. The topological polar surface area (TPSA) is 51.0 Å². The lowest BCUT2D eigenvalue weighted by Gasteiger charge is -2.16. The lowest BCUT2D eigenvalue weighted by Crippen LogP contribution is -2.26. The van der Waals surface area contributed by atoms with Gasteiger partial charge < -0.3 is 4.90 Å². The summed E-state index contributed by atoms with van der Waals surface area (Å²) in [6, 6.07) is 14.0. The second-order valence-corrected chi connectivity index (χ2v) is 8.54. The molecule has 0 radical (unpaired) electrons. The molecule has 3 aromatic heterocycles. The van der Waals surface area contributed by atoms with E-state index in [9.17, 15) is 4.79 Å². The summed E-state index contributed by atoms with van der Waals surface area (Å²) in [7, 11) is 1.83. The van der Waals surface area contributed by atoms with E-state index in [0.29, 0.717) is 11.4 Å². The first kappa shape index (κ1) is 18.6. The SMILES string of the molecule is Cc1nn(-c2ccccc2)c(C)c1CN(C)C(=O)c1cnc(-c2cccs2)s1. The number of amides is 1. The van der Waals surface area contributed by atoms with Gasteiger partial charge >= 0.3 is 0 Å². The van der Waals surface area contributed by atoms with Gasteiger partial charge in [-0.3, -0.25) is 4.79 Å². The van der Waals surface area contributed by atoms with Crippen molar-refractivity contribution in [2.45, 2.75) is 20.4 Å². The predicted molar refractivity (Wildman–Crippen MR) is 114 cm³/mol. The highest BCUT2D eigenvalue weighted by Crippen LogP contribution is 2.29. The Kier molecular flexibility index (Phi) is 5.11. The van der Waals surface area contributed by atoms with E-state index in [1.165, 1.54) is 11.3 Å². The number of aromatic nitrogens is 3. The molecule has 0 saturated heterocycles. The second-order valence-electron chi connectivity index (χ2n) is 6.56. The first-order chi connectivity index (χ1) is 13.5. The average Bonchev–Trinajstić information content (AvgIpc) is 3.45. The van der Waals surface area contributed by atoms with Gasteiger partial charge in [0.05, 0.1) is 22.5 Å². The monoisotopic (exact) mass is 408 g/mol. The first-order valence-electron chi connectivity index (χ1n) is 8.90. The zero-order chi connectivity index (χ0) is 19.7. The number of rotatable bonds is 5. The summed E-state index contributed by atoms with van der Waals surface area (Å²) in [5.74, 6) is -0.0217. The third kappa shape index (κ3) is 3.50. The van der Waals surface area contributed by atoms with Gasteiger partial charge in [-0.05, 0) is 37.4 Å². The molecule has 0 aliphatic rings. The van der Waals surface area contributed by atoms with E-state index < -0.39 is 0 Å². The van der Waals surface area contributed by atoms with Gasteiger partial charge in [0.1, 0.15) is 9.88 Å². The zero-order valence-electron chi connectivity index (χ0n) is 15.9. The molecule has 0 fully saturated rings. The van der Waals surface area contributed by atoms with Crippen LogP contribution in [0, 0.1) is 13.8 Å². The van der Waals surface area contributed by atoms with Crippen molar-refractivity contribution in [3.63, 3.8) is 0 Å². The summed E-state index contributed by atoms with van der Waals surface area (Å²) in [5, 5.41) is 7.57. The molecule has 4 aromatic rings. The first-order valence-corrected chi connectivity index (χ1v) is 10.6. The molecule has 1 amide bonds. The van der Waals surface area contributed by atoms with Gasteiger partial charge in [-0.2, -0.15) is 5.10 Å². The molecule has 28 heavy (non-hydrogen) atoms. The van der Waals surface area contributed by atoms with Crippen LogP contribution in [-0.4, -0.2) is 32.6 Å². The highest BCUT2D eigenvalue weighted by molar-refractivity contribution is 7.21. The minimum atomic E-state index is -0.0217. The zero-order valence-corrected chi connectivity index (χ0v) is 17.5. The average molecular weight is 409 g/mol. The lowest BCUT2D eigenvalue weighted by atomic mass is 10.2. The number of nitrogens with zero attached hydrogens (tertiary/aromatic N) is 4. The van der Waals surface area contributed by atoms with Crippen LogP contribution in [0.3, 0.4) is 0 Å². The van der Waals surface area contributed by atoms with E-state index in [1.807, 2.05) is 73.4 Å². The maximum atomic E-state index is 12.9. The molecular weight excluding hydrogens is 388 g/mol. The Balaban J connectivity index is 1.55. The van der Waals surface area contributed by atoms with Crippen LogP contribution < -0.4 is 0 Å². The fourth-order valence-electron chi connectivity index (χ4n) is 3.11.